The number of hydrogen-bond acceptors (Lipinski definition) is 2. The fraction of sp³-hybridized carbons (Fsp3) is 0.286. The average Bonchev–Trinajstić information content (AvgIpc) is 2.33. The molecule has 0 saturated heterocycles. The van der Waals surface area contributed by atoms with Gasteiger partial charge in [-0.1, -0.05) is 12.2 Å². The molecule has 0 unspecified atom stereocenters. The van der Waals surface area contributed by atoms with Crippen LogP contribution in [0.4, 0.5) is 0 Å². The first-order valence-electron chi connectivity index (χ1n) is 3.13. The van der Waals surface area contributed by atoms with Gasteiger partial charge in [0.15, 0.2) is 0 Å². The van der Waals surface area contributed by atoms with Crippen LogP contribution in [0.25, 0.3) is 0 Å². The van der Waals surface area contributed by atoms with E-state index in [0.717, 1.165) is 18.7 Å². The molecule has 0 atom stereocenters. The van der Waals surface area contributed by atoms with Gasteiger partial charge in [-0.15, -0.1) is 0 Å². The van der Waals surface area contributed by atoms with E-state index in [1.807, 2.05) is 0 Å². The lowest BCUT2D eigenvalue weighted by molar-refractivity contribution is 0.854. The molecule has 0 bridgehead atoms. The van der Waals surface area contributed by atoms with Crippen LogP contribution in [0.1, 0.15) is 6.42 Å². The SMILES string of the molecule is C1=CC2=NNCC2=CC1. The summed E-state index contributed by atoms with van der Waals surface area (Å²) in [7, 11) is 0. The van der Waals surface area contributed by atoms with Crippen molar-refractivity contribution in [2.24, 2.45) is 5.10 Å². The Kier molecular flexibility index (Phi) is 0.918. The summed E-state index contributed by atoms with van der Waals surface area (Å²) < 4.78 is 0. The van der Waals surface area contributed by atoms with Gasteiger partial charge < -0.3 is 5.43 Å². The van der Waals surface area contributed by atoms with E-state index in [0.29, 0.717) is 0 Å². The monoisotopic (exact) mass is 120 g/mol. The van der Waals surface area contributed by atoms with Crippen LogP contribution >= 0.6 is 0 Å². The average molecular weight is 120 g/mol. The Morgan fingerprint density at radius 3 is 3.44 bits per heavy atom. The highest BCUT2D eigenvalue weighted by Gasteiger charge is 2.10. The van der Waals surface area contributed by atoms with Crippen LogP contribution in [0.15, 0.2) is 28.9 Å². The highest BCUT2D eigenvalue weighted by atomic mass is 15.3. The molecule has 1 heterocycles. The summed E-state index contributed by atoms with van der Waals surface area (Å²) in [5, 5.41) is 4.07. The van der Waals surface area contributed by atoms with E-state index in [1.54, 1.807) is 0 Å². The molecule has 2 heteroatoms. The summed E-state index contributed by atoms with van der Waals surface area (Å²) in [5.41, 5.74) is 5.39. The third kappa shape index (κ3) is 0.669. The van der Waals surface area contributed by atoms with Gasteiger partial charge in [0.2, 0.25) is 0 Å². The molecular formula is C7H8N2. The van der Waals surface area contributed by atoms with E-state index in [9.17, 15) is 0 Å². The van der Waals surface area contributed by atoms with Gasteiger partial charge in [0, 0.05) is 0 Å². The van der Waals surface area contributed by atoms with Crippen LogP contribution in [0.5, 0.6) is 0 Å². The molecular weight excluding hydrogens is 112 g/mol. The molecule has 2 nitrogen and oxygen atoms in total. The van der Waals surface area contributed by atoms with Crippen molar-refractivity contribution in [1.29, 1.82) is 0 Å². The first-order chi connectivity index (χ1) is 4.47. The zero-order valence-electron chi connectivity index (χ0n) is 5.09. The van der Waals surface area contributed by atoms with Crippen LogP contribution in [0, 0.1) is 0 Å². The smallest absolute Gasteiger partial charge is 0.0873 e. The second-order valence-corrected chi connectivity index (χ2v) is 2.20. The van der Waals surface area contributed by atoms with E-state index in [-0.39, 0.29) is 0 Å². The normalized spacial score (nSPS) is 22.2. The number of rotatable bonds is 0. The van der Waals surface area contributed by atoms with Crippen LogP contribution in [0.3, 0.4) is 0 Å². The van der Waals surface area contributed by atoms with Gasteiger partial charge in [-0.2, -0.15) is 5.10 Å². The molecule has 2 rings (SSSR count). The Balaban J connectivity index is 2.37. The van der Waals surface area contributed by atoms with Crippen LogP contribution in [-0.2, 0) is 0 Å². The van der Waals surface area contributed by atoms with Crippen molar-refractivity contribution in [3.05, 3.63) is 23.8 Å². The Hall–Kier alpha value is -1.05. The summed E-state index contributed by atoms with van der Waals surface area (Å²) in [4.78, 5) is 0. The summed E-state index contributed by atoms with van der Waals surface area (Å²) >= 11 is 0. The van der Waals surface area contributed by atoms with Gasteiger partial charge >= 0.3 is 0 Å². The molecule has 46 valence electrons. The number of nitrogens with zero attached hydrogens (tertiary/aromatic N) is 1. The van der Waals surface area contributed by atoms with Crippen LogP contribution in [0.2, 0.25) is 0 Å². The first-order valence-corrected chi connectivity index (χ1v) is 3.13. The fourth-order valence-electron chi connectivity index (χ4n) is 1.08. The second kappa shape index (κ2) is 1.72. The van der Waals surface area contributed by atoms with Crippen molar-refractivity contribution in [1.82, 2.24) is 5.43 Å². The maximum Gasteiger partial charge on any atom is 0.0873 e. The minimum Gasteiger partial charge on any atom is -0.305 e. The van der Waals surface area contributed by atoms with Gasteiger partial charge in [0.25, 0.3) is 0 Å². The molecule has 0 saturated carbocycles. The summed E-state index contributed by atoms with van der Waals surface area (Å²) in [5.74, 6) is 0. The third-order valence-electron chi connectivity index (χ3n) is 1.57. The molecule has 0 aromatic heterocycles. The number of allylic oxidation sites excluding steroid dienone is 3. The van der Waals surface area contributed by atoms with E-state index in [4.69, 9.17) is 0 Å². The highest BCUT2D eigenvalue weighted by Crippen LogP contribution is 2.10. The quantitative estimate of drug-likeness (QED) is 0.503. The molecule has 9 heavy (non-hydrogen) atoms. The van der Waals surface area contributed by atoms with Gasteiger partial charge in [-0.05, 0) is 18.1 Å². The fourth-order valence-corrected chi connectivity index (χ4v) is 1.08. The minimum absolute atomic E-state index is 0.916. The van der Waals surface area contributed by atoms with Gasteiger partial charge in [-0.25, -0.2) is 0 Å². The van der Waals surface area contributed by atoms with Gasteiger partial charge in [0.1, 0.15) is 0 Å². The molecule has 0 spiro atoms. The van der Waals surface area contributed by atoms with Crippen molar-refractivity contribution in [2.75, 3.05) is 6.54 Å². The Bertz CT molecular complexity index is 211. The van der Waals surface area contributed by atoms with Crippen molar-refractivity contribution < 1.29 is 0 Å². The zero-order chi connectivity index (χ0) is 6.10. The number of nitrogens with one attached hydrogen (secondary N) is 1. The van der Waals surface area contributed by atoms with Crippen LogP contribution in [-0.4, -0.2) is 12.3 Å². The standard InChI is InChI=1S/C7H8N2/c1-2-4-7-6(3-1)5-8-9-7/h2-4,8H,1,5H2. The largest absolute Gasteiger partial charge is 0.305 e. The van der Waals surface area contributed by atoms with Gasteiger partial charge in [-0.3, -0.25) is 0 Å². The van der Waals surface area contributed by atoms with Crippen LogP contribution < -0.4 is 5.43 Å². The number of hydrogen-bond donors (Lipinski definition) is 1. The maximum absolute atomic E-state index is 4.07. The Morgan fingerprint density at radius 2 is 2.56 bits per heavy atom. The number of fused-ring (bicyclic) bond motifs is 1. The summed E-state index contributed by atoms with van der Waals surface area (Å²) in [6.45, 7) is 0.916. The molecule has 0 amide bonds. The lowest BCUT2D eigenvalue weighted by Gasteiger charge is -1.99. The topological polar surface area (TPSA) is 24.4 Å². The second-order valence-electron chi connectivity index (χ2n) is 2.20. The molecule has 0 aromatic rings. The van der Waals surface area contributed by atoms with Crippen molar-refractivity contribution in [3.63, 3.8) is 0 Å². The molecule has 2 aliphatic rings. The molecule has 1 aliphatic heterocycles. The van der Waals surface area contributed by atoms with E-state index in [2.05, 4.69) is 28.8 Å². The van der Waals surface area contributed by atoms with Crippen molar-refractivity contribution in [3.8, 4) is 0 Å². The highest BCUT2D eigenvalue weighted by molar-refractivity contribution is 6.10. The first kappa shape index (κ1) is 4.79. The summed E-state index contributed by atoms with van der Waals surface area (Å²) in [6.07, 6.45) is 7.46. The molecule has 1 N–H and O–H groups in total. The lowest BCUT2D eigenvalue weighted by atomic mass is 10.1. The molecule has 0 aromatic carbocycles. The molecule has 0 radical (unpaired) electrons. The molecule has 0 fully saturated rings. The Morgan fingerprint density at radius 1 is 1.56 bits per heavy atom. The zero-order valence-corrected chi connectivity index (χ0v) is 5.09. The Labute approximate surface area is 54.0 Å². The number of hydrazone groups is 1. The minimum atomic E-state index is 0.916. The summed E-state index contributed by atoms with van der Waals surface area (Å²) in [6, 6.07) is 0. The predicted octanol–water partition coefficient (Wildman–Crippen LogP) is 0.832. The third-order valence-corrected chi connectivity index (χ3v) is 1.57. The van der Waals surface area contributed by atoms with Gasteiger partial charge in [0.05, 0.1) is 12.3 Å². The van der Waals surface area contributed by atoms with E-state index in [1.165, 1.54) is 5.57 Å². The van der Waals surface area contributed by atoms with Crippen molar-refractivity contribution >= 4 is 5.71 Å². The maximum atomic E-state index is 4.07. The predicted molar refractivity (Wildman–Crippen MR) is 37.3 cm³/mol. The van der Waals surface area contributed by atoms with Crippen molar-refractivity contribution in [2.45, 2.75) is 6.42 Å². The lowest BCUT2D eigenvalue weighted by Crippen LogP contribution is -2.03. The molecule has 1 aliphatic carbocycles. The van der Waals surface area contributed by atoms with E-state index >= 15 is 0 Å². The van der Waals surface area contributed by atoms with E-state index < -0.39 is 0 Å².